The molecule has 1 aliphatic rings. The molecule has 19 heavy (non-hydrogen) atoms. The summed E-state index contributed by atoms with van der Waals surface area (Å²) < 4.78 is 0.928. The Hall–Kier alpha value is -1.20. The maximum absolute atomic E-state index is 10.0. The highest BCUT2D eigenvalue weighted by Crippen LogP contribution is 2.29. The minimum Gasteiger partial charge on any atom is -0.391 e. The lowest BCUT2D eigenvalue weighted by molar-refractivity contribution is 0.103. The van der Waals surface area contributed by atoms with Crippen molar-refractivity contribution in [1.29, 1.82) is 0 Å². The fourth-order valence-corrected chi connectivity index (χ4v) is 2.83. The monoisotopic (exact) mass is 321 g/mol. The summed E-state index contributed by atoms with van der Waals surface area (Å²) in [7, 11) is 0. The zero-order chi connectivity index (χ0) is 13.4. The molecule has 0 saturated carbocycles. The van der Waals surface area contributed by atoms with E-state index in [4.69, 9.17) is 0 Å². The third-order valence-electron chi connectivity index (χ3n) is 3.78. The summed E-state index contributed by atoms with van der Waals surface area (Å²) in [6.45, 7) is 3.72. The van der Waals surface area contributed by atoms with Gasteiger partial charge in [0.1, 0.15) is 5.52 Å². The zero-order valence-electron chi connectivity index (χ0n) is 10.8. The fraction of sp³-hybridized carbons (Fsp3) is 0.429. The average molecular weight is 322 g/mol. The number of hydrogen-bond donors (Lipinski definition) is 1. The van der Waals surface area contributed by atoms with Gasteiger partial charge in [0, 0.05) is 30.0 Å². The van der Waals surface area contributed by atoms with E-state index in [2.05, 4.69) is 37.7 Å². The number of β-amino-alcohol motifs (C(OH)–C–C–N with tert-alkyl or cyclic N) is 1. The van der Waals surface area contributed by atoms with E-state index in [1.54, 1.807) is 12.4 Å². The van der Waals surface area contributed by atoms with E-state index in [-0.39, 0.29) is 6.10 Å². The molecule has 1 N–H and O–H groups in total. The first-order chi connectivity index (χ1) is 9.15. The Morgan fingerprint density at radius 3 is 3.05 bits per heavy atom. The van der Waals surface area contributed by atoms with Crippen molar-refractivity contribution in [3.63, 3.8) is 0 Å². The van der Waals surface area contributed by atoms with Crippen LogP contribution in [-0.4, -0.2) is 34.3 Å². The highest BCUT2D eigenvalue weighted by atomic mass is 79.9. The molecule has 2 aromatic rings. The van der Waals surface area contributed by atoms with Gasteiger partial charge in [-0.25, -0.2) is 0 Å². The molecule has 0 spiro atoms. The second kappa shape index (κ2) is 5.06. The molecule has 3 rings (SSSR count). The van der Waals surface area contributed by atoms with Crippen molar-refractivity contribution in [3.05, 3.63) is 29.0 Å². The van der Waals surface area contributed by atoms with E-state index in [0.29, 0.717) is 12.5 Å². The molecule has 2 aromatic heterocycles. The number of aliphatic hydroxyl groups is 1. The number of nitrogens with zero attached hydrogens (tertiary/aromatic N) is 3. The summed E-state index contributed by atoms with van der Waals surface area (Å²) in [6.07, 6.45) is 4.32. The Balaban J connectivity index is 2.01. The second-order valence-electron chi connectivity index (χ2n) is 5.13. The van der Waals surface area contributed by atoms with Crippen molar-refractivity contribution in [2.24, 2.45) is 5.92 Å². The number of anilines is 1. The van der Waals surface area contributed by atoms with E-state index in [0.717, 1.165) is 34.2 Å². The Bertz CT molecular complexity index is 604. The summed E-state index contributed by atoms with van der Waals surface area (Å²) in [6, 6.07) is 3.95. The largest absolute Gasteiger partial charge is 0.391 e. The van der Waals surface area contributed by atoms with Gasteiger partial charge in [-0.15, -0.1) is 0 Å². The van der Waals surface area contributed by atoms with Gasteiger partial charge in [0.25, 0.3) is 0 Å². The molecular formula is C14H16BrN3O. The number of piperidine rings is 1. The number of pyridine rings is 2. The Morgan fingerprint density at radius 1 is 1.42 bits per heavy atom. The first kappa shape index (κ1) is 12.8. The van der Waals surface area contributed by atoms with Crippen LogP contribution in [0.15, 0.2) is 29.0 Å². The minimum absolute atomic E-state index is 0.271. The van der Waals surface area contributed by atoms with Crippen LogP contribution >= 0.6 is 15.9 Å². The number of fused-ring (bicyclic) bond motifs is 1. The summed E-state index contributed by atoms with van der Waals surface area (Å²) >= 11 is 3.41. The van der Waals surface area contributed by atoms with E-state index in [1.165, 1.54) is 0 Å². The van der Waals surface area contributed by atoms with Gasteiger partial charge in [-0.3, -0.25) is 9.97 Å². The Morgan fingerprint density at radius 2 is 2.26 bits per heavy atom. The highest BCUT2D eigenvalue weighted by molar-refractivity contribution is 9.10. The molecule has 0 aliphatic carbocycles. The molecule has 1 saturated heterocycles. The molecule has 4 nitrogen and oxygen atoms in total. The van der Waals surface area contributed by atoms with Crippen molar-refractivity contribution < 1.29 is 5.11 Å². The van der Waals surface area contributed by atoms with Gasteiger partial charge in [-0.2, -0.15) is 0 Å². The predicted molar refractivity (Wildman–Crippen MR) is 79.2 cm³/mol. The number of aromatic nitrogens is 2. The average Bonchev–Trinajstić information content (AvgIpc) is 2.41. The second-order valence-corrected chi connectivity index (χ2v) is 6.05. The molecule has 3 heterocycles. The van der Waals surface area contributed by atoms with Crippen LogP contribution in [0.2, 0.25) is 0 Å². The maximum Gasteiger partial charge on any atom is 0.112 e. The van der Waals surface area contributed by atoms with Gasteiger partial charge in [0.15, 0.2) is 0 Å². The molecule has 1 fully saturated rings. The molecule has 1 aliphatic heterocycles. The van der Waals surface area contributed by atoms with Crippen LogP contribution in [-0.2, 0) is 0 Å². The third-order valence-corrected chi connectivity index (χ3v) is 4.22. The van der Waals surface area contributed by atoms with Crippen LogP contribution in [0.25, 0.3) is 11.0 Å². The summed E-state index contributed by atoms with van der Waals surface area (Å²) in [4.78, 5) is 11.0. The topological polar surface area (TPSA) is 49.2 Å². The van der Waals surface area contributed by atoms with Gasteiger partial charge in [-0.05, 0) is 40.4 Å². The van der Waals surface area contributed by atoms with E-state index in [1.807, 2.05) is 12.1 Å². The zero-order valence-corrected chi connectivity index (χ0v) is 12.3. The molecule has 0 bridgehead atoms. The van der Waals surface area contributed by atoms with Crippen molar-refractivity contribution in [1.82, 2.24) is 9.97 Å². The van der Waals surface area contributed by atoms with Crippen LogP contribution in [0.5, 0.6) is 0 Å². The van der Waals surface area contributed by atoms with Gasteiger partial charge in [-0.1, -0.05) is 6.92 Å². The van der Waals surface area contributed by atoms with Crippen LogP contribution in [0, 0.1) is 5.92 Å². The lowest BCUT2D eigenvalue weighted by Gasteiger charge is -2.36. The molecule has 0 amide bonds. The van der Waals surface area contributed by atoms with E-state index in [9.17, 15) is 5.11 Å². The first-order valence-electron chi connectivity index (χ1n) is 6.48. The number of rotatable bonds is 1. The third kappa shape index (κ3) is 2.44. The molecule has 2 atom stereocenters. The van der Waals surface area contributed by atoms with E-state index >= 15 is 0 Å². The van der Waals surface area contributed by atoms with Crippen LogP contribution in [0.3, 0.4) is 0 Å². The minimum atomic E-state index is -0.271. The fourth-order valence-electron chi connectivity index (χ4n) is 2.51. The predicted octanol–water partition coefficient (Wildman–Crippen LogP) is 2.60. The van der Waals surface area contributed by atoms with Crippen LogP contribution in [0.1, 0.15) is 13.3 Å². The van der Waals surface area contributed by atoms with Gasteiger partial charge in [0.2, 0.25) is 0 Å². The number of halogens is 1. The quantitative estimate of drug-likeness (QED) is 0.877. The molecule has 0 aromatic carbocycles. The summed E-state index contributed by atoms with van der Waals surface area (Å²) in [5, 5.41) is 10.0. The molecule has 5 heteroatoms. The van der Waals surface area contributed by atoms with Gasteiger partial charge >= 0.3 is 0 Å². The van der Waals surface area contributed by atoms with Crippen molar-refractivity contribution >= 4 is 32.7 Å². The normalized spacial score (nSPS) is 23.8. The standard InChI is InChI=1S/C14H16BrN3O/c1-9-3-5-18(8-13(9)19)12-2-4-16-11-6-10(15)7-17-14(11)12/h2,4,6-7,9,13,19H,3,5,8H2,1H3/t9-,13-/m1/s1. The van der Waals surface area contributed by atoms with Gasteiger partial charge < -0.3 is 10.0 Å². The van der Waals surface area contributed by atoms with Crippen molar-refractivity contribution in [2.75, 3.05) is 18.0 Å². The lowest BCUT2D eigenvalue weighted by atomic mass is 9.95. The smallest absolute Gasteiger partial charge is 0.112 e. The summed E-state index contributed by atoms with van der Waals surface area (Å²) in [5.41, 5.74) is 2.83. The Kier molecular flexibility index (Phi) is 3.41. The molecular weight excluding hydrogens is 306 g/mol. The molecule has 0 unspecified atom stereocenters. The maximum atomic E-state index is 10.0. The number of hydrogen-bond acceptors (Lipinski definition) is 4. The van der Waals surface area contributed by atoms with Crippen molar-refractivity contribution in [3.8, 4) is 0 Å². The van der Waals surface area contributed by atoms with Crippen molar-refractivity contribution in [2.45, 2.75) is 19.4 Å². The molecule has 100 valence electrons. The molecule has 0 radical (unpaired) electrons. The van der Waals surface area contributed by atoms with Crippen LogP contribution < -0.4 is 4.90 Å². The Labute approximate surface area is 120 Å². The van der Waals surface area contributed by atoms with E-state index < -0.39 is 0 Å². The first-order valence-corrected chi connectivity index (χ1v) is 7.28. The van der Waals surface area contributed by atoms with Crippen LogP contribution in [0.4, 0.5) is 5.69 Å². The van der Waals surface area contributed by atoms with Gasteiger partial charge in [0.05, 0.1) is 17.3 Å². The SMILES string of the molecule is C[C@@H]1CCN(c2ccnc3cc(Br)cnc23)C[C@H]1O. The lowest BCUT2D eigenvalue weighted by Crippen LogP contribution is -2.43. The highest BCUT2D eigenvalue weighted by Gasteiger charge is 2.25. The number of aliphatic hydroxyl groups excluding tert-OH is 1. The summed E-state index contributed by atoms with van der Waals surface area (Å²) in [5.74, 6) is 0.367.